The average Bonchev–Trinajstić information content (AvgIpc) is 2.40. The molecule has 0 saturated heterocycles. The summed E-state index contributed by atoms with van der Waals surface area (Å²) in [6.07, 6.45) is 4.94. The number of pyridine rings is 2. The molecule has 0 bridgehead atoms. The van der Waals surface area contributed by atoms with Crippen LogP contribution in [0.1, 0.15) is 45.6 Å². The van der Waals surface area contributed by atoms with Gasteiger partial charge >= 0.3 is 0 Å². The van der Waals surface area contributed by atoms with Crippen LogP contribution in [0.5, 0.6) is 0 Å². The maximum absolute atomic E-state index is 4.57. The highest BCUT2D eigenvalue weighted by Gasteiger charge is 2.24. The van der Waals surface area contributed by atoms with Gasteiger partial charge in [0, 0.05) is 12.4 Å². The minimum absolute atomic E-state index is 0.267. The molecule has 0 aliphatic rings. The highest BCUT2D eigenvalue weighted by Crippen LogP contribution is 2.37. The molecule has 2 aromatic rings. The predicted molar refractivity (Wildman–Crippen MR) is 80.0 cm³/mol. The lowest BCUT2D eigenvalue weighted by atomic mass is 9.75. The topological polar surface area (TPSA) is 25.8 Å². The maximum atomic E-state index is 4.57. The monoisotopic (exact) mass is 254 g/mol. The van der Waals surface area contributed by atoms with E-state index in [1.807, 2.05) is 24.4 Å². The molecule has 0 N–H and O–H groups in total. The Morgan fingerprint density at radius 1 is 1.00 bits per heavy atom. The van der Waals surface area contributed by atoms with Gasteiger partial charge in [0.2, 0.25) is 0 Å². The maximum Gasteiger partial charge on any atom is 0.0886 e. The van der Waals surface area contributed by atoms with E-state index in [9.17, 15) is 0 Å². The zero-order valence-electron chi connectivity index (χ0n) is 12.2. The van der Waals surface area contributed by atoms with Gasteiger partial charge in [-0.3, -0.25) is 9.97 Å². The SMILES string of the molecule is CCC(c1ccc(-c2ccccn2)nc1)C(C)(C)C. The van der Waals surface area contributed by atoms with E-state index in [0.29, 0.717) is 5.92 Å². The average molecular weight is 254 g/mol. The third kappa shape index (κ3) is 3.19. The van der Waals surface area contributed by atoms with E-state index in [1.165, 1.54) is 5.56 Å². The summed E-state index contributed by atoms with van der Waals surface area (Å²) < 4.78 is 0. The van der Waals surface area contributed by atoms with Crippen molar-refractivity contribution in [3.05, 3.63) is 48.3 Å². The van der Waals surface area contributed by atoms with Gasteiger partial charge in [-0.25, -0.2) is 0 Å². The molecule has 0 aromatic carbocycles. The third-order valence-corrected chi connectivity index (χ3v) is 3.57. The normalized spacial score (nSPS) is 13.3. The summed E-state index contributed by atoms with van der Waals surface area (Å²) in [5.41, 5.74) is 3.45. The summed E-state index contributed by atoms with van der Waals surface area (Å²) in [5.74, 6) is 0.540. The van der Waals surface area contributed by atoms with Gasteiger partial charge < -0.3 is 0 Å². The predicted octanol–water partition coefficient (Wildman–Crippen LogP) is 4.68. The molecule has 0 fully saturated rings. The van der Waals surface area contributed by atoms with E-state index in [4.69, 9.17) is 0 Å². The molecule has 0 spiro atoms. The number of hydrogen-bond acceptors (Lipinski definition) is 2. The molecular formula is C17H22N2. The van der Waals surface area contributed by atoms with Crippen molar-refractivity contribution in [3.63, 3.8) is 0 Å². The molecule has 100 valence electrons. The van der Waals surface area contributed by atoms with Gasteiger partial charge in [-0.2, -0.15) is 0 Å². The number of aromatic nitrogens is 2. The molecule has 0 saturated carbocycles. The fourth-order valence-corrected chi connectivity index (χ4v) is 2.63. The van der Waals surface area contributed by atoms with Crippen molar-refractivity contribution in [2.45, 2.75) is 40.0 Å². The lowest BCUT2D eigenvalue weighted by Crippen LogP contribution is -2.17. The van der Waals surface area contributed by atoms with Gasteiger partial charge in [-0.15, -0.1) is 0 Å². The van der Waals surface area contributed by atoms with Crippen LogP contribution in [0.2, 0.25) is 0 Å². The van der Waals surface area contributed by atoms with Gasteiger partial charge in [-0.1, -0.05) is 39.8 Å². The van der Waals surface area contributed by atoms with Crippen LogP contribution in [0.15, 0.2) is 42.7 Å². The van der Waals surface area contributed by atoms with Crippen LogP contribution in [-0.4, -0.2) is 9.97 Å². The molecule has 1 unspecified atom stereocenters. The van der Waals surface area contributed by atoms with E-state index in [2.05, 4.69) is 49.8 Å². The largest absolute Gasteiger partial charge is 0.255 e. The Morgan fingerprint density at radius 3 is 2.21 bits per heavy atom. The van der Waals surface area contributed by atoms with Crippen LogP contribution < -0.4 is 0 Å². The third-order valence-electron chi connectivity index (χ3n) is 3.57. The minimum atomic E-state index is 0.267. The summed E-state index contributed by atoms with van der Waals surface area (Å²) in [7, 11) is 0. The first-order chi connectivity index (χ1) is 9.02. The molecule has 2 nitrogen and oxygen atoms in total. The van der Waals surface area contributed by atoms with Crippen molar-refractivity contribution in [3.8, 4) is 11.4 Å². The number of hydrogen-bond donors (Lipinski definition) is 0. The fraction of sp³-hybridized carbons (Fsp3) is 0.412. The summed E-state index contributed by atoms with van der Waals surface area (Å²) in [4.78, 5) is 8.90. The zero-order valence-corrected chi connectivity index (χ0v) is 12.2. The molecule has 2 aromatic heterocycles. The minimum Gasteiger partial charge on any atom is -0.255 e. The molecule has 2 heterocycles. The molecule has 19 heavy (non-hydrogen) atoms. The number of nitrogens with zero attached hydrogens (tertiary/aromatic N) is 2. The highest BCUT2D eigenvalue weighted by molar-refractivity contribution is 5.53. The van der Waals surface area contributed by atoms with E-state index in [-0.39, 0.29) is 5.41 Å². The van der Waals surface area contributed by atoms with E-state index in [1.54, 1.807) is 6.20 Å². The molecule has 2 rings (SSSR count). The molecule has 1 atom stereocenters. The number of rotatable bonds is 3. The Bertz CT molecular complexity index is 509. The summed E-state index contributed by atoms with van der Waals surface area (Å²) in [5, 5.41) is 0. The van der Waals surface area contributed by atoms with Crippen molar-refractivity contribution >= 4 is 0 Å². The van der Waals surface area contributed by atoms with Gasteiger partial charge in [0.15, 0.2) is 0 Å². The van der Waals surface area contributed by atoms with Crippen LogP contribution in [0, 0.1) is 5.41 Å². The van der Waals surface area contributed by atoms with E-state index >= 15 is 0 Å². The zero-order chi connectivity index (χ0) is 13.9. The summed E-state index contributed by atoms with van der Waals surface area (Å²) >= 11 is 0. The van der Waals surface area contributed by atoms with Crippen molar-refractivity contribution in [2.75, 3.05) is 0 Å². The molecule has 0 amide bonds. The van der Waals surface area contributed by atoms with Crippen LogP contribution in [0.25, 0.3) is 11.4 Å². The second-order valence-corrected chi connectivity index (χ2v) is 6.02. The highest BCUT2D eigenvalue weighted by atomic mass is 14.8. The first-order valence-electron chi connectivity index (χ1n) is 6.89. The quantitative estimate of drug-likeness (QED) is 0.794. The molecule has 0 radical (unpaired) electrons. The first kappa shape index (κ1) is 13.7. The molecule has 0 aliphatic heterocycles. The van der Waals surface area contributed by atoms with Crippen LogP contribution in [0.3, 0.4) is 0 Å². The van der Waals surface area contributed by atoms with Crippen LogP contribution in [0.4, 0.5) is 0 Å². The molecular weight excluding hydrogens is 232 g/mol. The van der Waals surface area contributed by atoms with Crippen LogP contribution in [-0.2, 0) is 0 Å². The lowest BCUT2D eigenvalue weighted by Gasteiger charge is -2.30. The van der Waals surface area contributed by atoms with E-state index < -0.39 is 0 Å². The second kappa shape index (κ2) is 5.52. The Morgan fingerprint density at radius 2 is 1.74 bits per heavy atom. The van der Waals surface area contributed by atoms with Gasteiger partial charge in [0.05, 0.1) is 11.4 Å². The summed E-state index contributed by atoms with van der Waals surface area (Å²) in [6, 6.07) is 10.2. The Kier molecular flexibility index (Phi) is 3.98. The Labute approximate surface area is 115 Å². The standard InChI is InChI=1S/C17H22N2/c1-5-14(17(2,3)4)13-9-10-16(19-12-13)15-8-6-7-11-18-15/h6-12,14H,5H2,1-4H3. The van der Waals surface area contributed by atoms with E-state index in [0.717, 1.165) is 17.8 Å². The molecule has 0 aliphatic carbocycles. The Hall–Kier alpha value is -1.70. The van der Waals surface area contributed by atoms with Crippen molar-refractivity contribution < 1.29 is 0 Å². The molecule has 2 heteroatoms. The van der Waals surface area contributed by atoms with Gasteiger partial charge in [-0.05, 0) is 41.5 Å². The van der Waals surface area contributed by atoms with Crippen molar-refractivity contribution in [1.29, 1.82) is 0 Å². The summed E-state index contributed by atoms with van der Waals surface area (Å²) in [6.45, 7) is 9.10. The fourth-order valence-electron chi connectivity index (χ4n) is 2.63. The smallest absolute Gasteiger partial charge is 0.0886 e. The van der Waals surface area contributed by atoms with Crippen molar-refractivity contribution in [2.24, 2.45) is 5.41 Å². The lowest BCUT2D eigenvalue weighted by molar-refractivity contribution is 0.312. The first-order valence-corrected chi connectivity index (χ1v) is 6.89. The Balaban J connectivity index is 2.28. The van der Waals surface area contributed by atoms with Crippen molar-refractivity contribution in [1.82, 2.24) is 9.97 Å². The van der Waals surface area contributed by atoms with Gasteiger partial charge in [0.25, 0.3) is 0 Å². The van der Waals surface area contributed by atoms with Crippen LogP contribution >= 0.6 is 0 Å². The van der Waals surface area contributed by atoms with Gasteiger partial charge in [0.1, 0.15) is 0 Å². The second-order valence-electron chi connectivity index (χ2n) is 6.02.